The number of rotatable bonds is 4. The molecule has 4 aromatic heterocycles. The van der Waals surface area contributed by atoms with Crippen LogP contribution in [0.1, 0.15) is 41.5 Å². The molecule has 39 heavy (non-hydrogen) atoms. The molecule has 2 aliphatic rings. The van der Waals surface area contributed by atoms with Gasteiger partial charge in [-0.05, 0) is 60.7 Å². The minimum Gasteiger partial charge on any atom is -0.439 e. The fraction of sp³-hybridized carbons (Fsp3) is 0.226. The van der Waals surface area contributed by atoms with Crippen molar-refractivity contribution in [1.29, 1.82) is 0 Å². The molecule has 1 fully saturated rings. The number of hydrogen-bond acceptors (Lipinski definition) is 7. The van der Waals surface area contributed by atoms with Crippen molar-refractivity contribution in [2.24, 2.45) is 7.05 Å². The Morgan fingerprint density at radius 2 is 2.05 bits per heavy atom. The lowest BCUT2D eigenvalue weighted by molar-refractivity contribution is 0.112. The predicted molar refractivity (Wildman–Crippen MR) is 149 cm³/mol. The van der Waals surface area contributed by atoms with Crippen LogP contribution in [0.5, 0.6) is 11.6 Å². The molecule has 2 aliphatic heterocycles. The van der Waals surface area contributed by atoms with Crippen molar-refractivity contribution >= 4 is 16.9 Å². The van der Waals surface area contributed by atoms with Gasteiger partial charge in [-0.2, -0.15) is 0 Å². The monoisotopic (exact) mass is 514 g/mol. The summed E-state index contributed by atoms with van der Waals surface area (Å²) in [5.74, 6) is 4.77. The minimum absolute atomic E-state index is 0.0353. The van der Waals surface area contributed by atoms with Gasteiger partial charge in [-0.25, -0.2) is 19.9 Å². The second-order valence-electron chi connectivity index (χ2n) is 9.90. The van der Waals surface area contributed by atoms with E-state index >= 15 is 0 Å². The molecule has 8 nitrogen and oxygen atoms in total. The topological polar surface area (TPSA) is 87.0 Å². The molecule has 0 spiro atoms. The number of benzene rings is 1. The first kappa shape index (κ1) is 23.4. The first-order valence-corrected chi connectivity index (χ1v) is 13.0. The van der Waals surface area contributed by atoms with Gasteiger partial charge in [0.05, 0.1) is 17.2 Å². The highest BCUT2D eigenvalue weighted by molar-refractivity contribution is 6.09. The van der Waals surface area contributed by atoms with Crippen LogP contribution >= 0.6 is 0 Å². The third kappa shape index (κ3) is 3.90. The van der Waals surface area contributed by atoms with Crippen LogP contribution in [0.2, 0.25) is 0 Å². The Hall–Kier alpha value is -4.74. The molecule has 0 saturated carbocycles. The van der Waals surface area contributed by atoms with Crippen molar-refractivity contribution in [1.82, 2.24) is 24.5 Å². The summed E-state index contributed by atoms with van der Waals surface area (Å²) in [5, 5.41) is 4.50. The van der Waals surface area contributed by atoms with E-state index in [1.165, 1.54) is 0 Å². The van der Waals surface area contributed by atoms with E-state index in [1.54, 1.807) is 6.33 Å². The molecule has 7 rings (SSSR count). The summed E-state index contributed by atoms with van der Waals surface area (Å²) in [6, 6.07) is 13.9. The van der Waals surface area contributed by atoms with Crippen molar-refractivity contribution in [3.05, 3.63) is 77.5 Å². The Kier molecular flexibility index (Phi) is 5.53. The van der Waals surface area contributed by atoms with Crippen molar-refractivity contribution in [2.45, 2.75) is 32.4 Å². The molecule has 6 heterocycles. The number of ether oxygens (including phenoxy) is 2. The lowest BCUT2D eigenvalue weighted by Gasteiger charge is -2.18. The van der Waals surface area contributed by atoms with Crippen LogP contribution in [0.15, 0.2) is 55.0 Å². The van der Waals surface area contributed by atoms with Crippen molar-refractivity contribution < 1.29 is 9.47 Å². The zero-order valence-corrected chi connectivity index (χ0v) is 21.7. The molecule has 192 valence electrons. The number of terminal acetylenes is 1. The maximum absolute atomic E-state index is 6.13. The molecular formula is C31H26N6O2. The molecule has 0 aliphatic carbocycles. The normalized spacial score (nSPS) is 15.9. The molecule has 0 amide bonds. The quantitative estimate of drug-likeness (QED) is 0.297. The fourth-order valence-electron chi connectivity index (χ4n) is 5.70. The van der Waals surface area contributed by atoms with Gasteiger partial charge in [0, 0.05) is 49.3 Å². The number of aryl methyl sites for hydroxylation is 2. The summed E-state index contributed by atoms with van der Waals surface area (Å²) in [7, 11) is 2.04. The smallest absolute Gasteiger partial charge is 0.219 e. The summed E-state index contributed by atoms with van der Waals surface area (Å²) in [6.45, 7) is 3.27. The number of pyridine rings is 2. The first-order valence-electron chi connectivity index (χ1n) is 13.0. The summed E-state index contributed by atoms with van der Waals surface area (Å²) < 4.78 is 14.4. The molecule has 8 heteroatoms. The van der Waals surface area contributed by atoms with Gasteiger partial charge in [-0.3, -0.25) is 0 Å². The van der Waals surface area contributed by atoms with E-state index in [0.29, 0.717) is 18.1 Å². The number of hydrogen-bond donors (Lipinski definition) is 1. The predicted octanol–water partition coefficient (Wildman–Crippen LogP) is 5.95. The lowest BCUT2D eigenvalue weighted by atomic mass is 9.92. The summed E-state index contributed by atoms with van der Waals surface area (Å²) in [4.78, 5) is 18.4. The van der Waals surface area contributed by atoms with Crippen LogP contribution in [0.25, 0.3) is 33.4 Å². The molecule has 1 saturated heterocycles. The summed E-state index contributed by atoms with van der Waals surface area (Å²) >= 11 is 0. The summed E-state index contributed by atoms with van der Waals surface area (Å²) in [6.07, 6.45) is 11.1. The van der Waals surface area contributed by atoms with Crippen molar-refractivity contribution in [2.75, 3.05) is 11.9 Å². The number of fused-ring (bicyclic) bond motifs is 2. The van der Waals surface area contributed by atoms with Gasteiger partial charge >= 0.3 is 0 Å². The zero-order chi connectivity index (χ0) is 26.5. The van der Waals surface area contributed by atoms with Gasteiger partial charge in [-0.15, -0.1) is 6.42 Å². The number of nitrogens with zero attached hydrogens (tertiary/aromatic N) is 5. The van der Waals surface area contributed by atoms with Crippen LogP contribution in [0.3, 0.4) is 0 Å². The Morgan fingerprint density at radius 3 is 2.87 bits per heavy atom. The molecule has 0 bridgehead atoms. The van der Waals surface area contributed by atoms with Gasteiger partial charge in [0.1, 0.15) is 29.2 Å². The molecule has 1 unspecified atom stereocenters. The van der Waals surface area contributed by atoms with Crippen LogP contribution in [-0.4, -0.2) is 31.1 Å². The van der Waals surface area contributed by atoms with E-state index in [2.05, 4.69) is 47.9 Å². The Balaban J connectivity index is 1.44. The van der Waals surface area contributed by atoms with Gasteiger partial charge in [0.2, 0.25) is 5.88 Å². The third-order valence-corrected chi connectivity index (χ3v) is 7.46. The maximum atomic E-state index is 6.13. The largest absolute Gasteiger partial charge is 0.439 e. The van der Waals surface area contributed by atoms with Gasteiger partial charge < -0.3 is 19.4 Å². The number of anilines is 1. The highest BCUT2D eigenvalue weighted by Gasteiger charge is 2.30. The third-order valence-electron chi connectivity index (χ3n) is 7.46. The number of aromatic nitrogens is 5. The Bertz CT molecular complexity index is 1800. The van der Waals surface area contributed by atoms with E-state index < -0.39 is 0 Å². The van der Waals surface area contributed by atoms with E-state index in [4.69, 9.17) is 15.9 Å². The average Bonchev–Trinajstić information content (AvgIpc) is 3.55. The van der Waals surface area contributed by atoms with Crippen LogP contribution in [-0.2, 0) is 18.3 Å². The molecule has 5 aromatic rings. The SMILES string of the molecule is C#Cc1cc(C2CCCO2)c(-c2c3c4c(ncnc4n2C)NCc2cc(Oc4cccc(C)n4)ccc2-3)cn1. The standard InChI is InChI=1S/C31H26N6O2/c1-4-20-14-23(25-8-6-12-38-25)24(16-32-20)29-27-22-11-10-21(39-26-9-5-7-18(2)36-26)13-19(22)15-33-30-28(27)31(37(29)3)35-17-34-30/h1,5,7,9-11,13-14,16-17,25H,6,8,12,15H2,2-3H3,(H,33,34,35). The van der Waals surface area contributed by atoms with E-state index in [9.17, 15) is 0 Å². The highest BCUT2D eigenvalue weighted by Crippen LogP contribution is 2.48. The molecule has 1 N–H and O–H groups in total. The summed E-state index contributed by atoms with van der Waals surface area (Å²) in [5.41, 5.74) is 8.61. The van der Waals surface area contributed by atoms with Crippen LogP contribution < -0.4 is 10.1 Å². The average molecular weight is 515 g/mol. The van der Waals surface area contributed by atoms with E-state index in [1.807, 2.05) is 50.5 Å². The molecule has 0 radical (unpaired) electrons. The second-order valence-corrected chi connectivity index (χ2v) is 9.90. The maximum Gasteiger partial charge on any atom is 0.219 e. The van der Waals surface area contributed by atoms with E-state index in [-0.39, 0.29) is 6.10 Å². The molecule has 1 aromatic carbocycles. The van der Waals surface area contributed by atoms with Gasteiger partial charge in [0.15, 0.2) is 0 Å². The minimum atomic E-state index is -0.0353. The second kappa shape index (κ2) is 9.22. The van der Waals surface area contributed by atoms with Crippen molar-refractivity contribution in [3.63, 3.8) is 0 Å². The van der Waals surface area contributed by atoms with Gasteiger partial charge in [0.25, 0.3) is 0 Å². The van der Waals surface area contributed by atoms with Crippen molar-refractivity contribution in [3.8, 4) is 46.4 Å². The Morgan fingerprint density at radius 1 is 1.13 bits per heavy atom. The van der Waals surface area contributed by atoms with Crippen LogP contribution in [0.4, 0.5) is 5.82 Å². The van der Waals surface area contributed by atoms with Gasteiger partial charge in [-0.1, -0.05) is 18.1 Å². The first-order chi connectivity index (χ1) is 19.1. The highest BCUT2D eigenvalue weighted by atomic mass is 16.5. The molecule has 1 atom stereocenters. The molecular weight excluding hydrogens is 488 g/mol. The lowest BCUT2D eigenvalue weighted by Crippen LogP contribution is -2.05. The fourth-order valence-corrected chi connectivity index (χ4v) is 5.70. The zero-order valence-electron chi connectivity index (χ0n) is 21.7. The number of nitrogens with one attached hydrogen (secondary N) is 1. The van der Waals surface area contributed by atoms with E-state index in [0.717, 1.165) is 81.3 Å². The Labute approximate surface area is 226 Å². The van der Waals surface area contributed by atoms with Crippen LogP contribution in [0, 0.1) is 19.3 Å².